The molecule has 4 rings (SSSR count). The molecule has 1 amide bonds. The molecule has 0 aliphatic carbocycles. The molecular weight excluding hydrogens is 294 g/mol. The predicted molar refractivity (Wildman–Crippen MR) is 89.9 cm³/mol. The third kappa shape index (κ3) is 1.72. The van der Waals surface area contributed by atoms with Crippen LogP contribution in [0.15, 0.2) is 47.6 Å². The van der Waals surface area contributed by atoms with Crippen molar-refractivity contribution in [2.75, 3.05) is 5.32 Å². The number of anilines is 1. The maximum absolute atomic E-state index is 12.6. The Morgan fingerprint density at radius 3 is 2.64 bits per heavy atom. The number of carbonyl (C=O) groups excluding carboxylic acids is 1. The first-order chi connectivity index (χ1) is 10.6. The number of hydrogen-bond donors (Lipinski definition) is 2. The Hall–Kier alpha value is -2.27. The van der Waals surface area contributed by atoms with E-state index in [1.165, 1.54) is 17.3 Å². The number of nitrogens with one attached hydrogen (secondary N) is 2. The summed E-state index contributed by atoms with van der Waals surface area (Å²) in [6, 6.07) is 14.0. The second-order valence-electron chi connectivity index (χ2n) is 5.56. The highest BCUT2D eigenvalue weighted by Crippen LogP contribution is 2.49. The van der Waals surface area contributed by atoms with Crippen LogP contribution in [0.25, 0.3) is 0 Å². The first-order valence-electron chi connectivity index (χ1n) is 7.13. The lowest BCUT2D eigenvalue weighted by Crippen LogP contribution is -2.39. The summed E-state index contributed by atoms with van der Waals surface area (Å²) >= 11 is 1.47. The zero-order valence-corrected chi connectivity index (χ0v) is 13.1. The summed E-state index contributed by atoms with van der Waals surface area (Å²) in [4.78, 5) is 11.8. The summed E-state index contributed by atoms with van der Waals surface area (Å²) in [5, 5.41) is 8.26. The van der Waals surface area contributed by atoms with Gasteiger partial charge >= 0.3 is 0 Å². The smallest absolute Gasteiger partial charge is 0.267 e. The van der Waals surface area contributed by atoms with Gasteiger partial charge in [0.25, 0.3) is 5.91 Å². The lowest BCUT2D eigenvalue weighted by molar-refractivity contribution is -0.118. The highest BCUT2D eigenvalue weighted by Gasteiger charge is 2.52. The Morgan fingerprint density at radius 1 is 1.09 bits per heavy atom. The van der Waals surface area contributed by atoms with E-state index in [0.29, 0.717) is 0 Å². The molecule has 2 aliphatic heterocycles. The Bertz CT molecular complexity index is 816. The van der Waals surface area contributed by atoms with Crippen LogP contribution in [0.4, 0.5) is 5.69 Å². The lowest BCUT2D eigenvalue weighted by Gasteiger charge is -2.20. The van der Waals surface area contributed by atoms with Gasteiger partial charge in [0.2, 0.25) is 4.87 Å². The van der Waals surface area contributed by atoms with Crippen LogP contribution in [0, 0.1) is 13.8 Å². The quantitative estimate of drug-likeness (QED) is 0.851. The number of hydrazone groups is 1. The van der Waals surface area contributed by atoms with Crippen molar-refractivity contribution in [2.45, 2.75) is 18.7 Å². The highest BCUT2D eigenvalue weighted by molar-refractivity contribution is 8.16. The molecule has 0 fully saturated rings. The molecule has 4 nitrogen and oxygen atoms in total. The number of aryl methyl sites for hydroxylation is 1. The third-order valence-electron chi connectivity index (χ3n) is 4.26. The molecule has 0 saturated carbocycles. The van der Waals surface area contributed by atoms with Crippen molar-refractivity contribution in [3.05, 3.63) is 64.7 Å². The van der Waals surface area contributed by atoms with Gasteiger partial charge in [-0.2, -0.15) is 5.10 Å². The lowest BCUT2D eigenvalue weighted by atomic mass is 10.0. The van der Waals surface area contributed by atoms with Crippen molar-refractivity contribution in [3.8, 4) is 0 Å². The number of thioether (sulfide) groups is 1. The monoisotopic (exact) mass is 309 g/mol. The van der Waals surface area contributed by atoms with Crippen LogP contribution >= 0.6 is 11.8 Å². The number of hydrogen-bond acceptors (Lipinski definition) is 4. The third-order valence-corrected chi connectivity index (χ3v) is 5.58. The van der Waals surface area contributed by atoms with Gasteiger partial charge in [0.05, 0.1) is 5.69 Å². The first kappa shape index (κ1) is 13.4. The summed E-state index contributed by atoms with van der Waals surface area (Å²) in [6.07, 6.45) is 0. The van der Waals surface area contributed by atoms with Crippen molar-refractivity contribution < 1.29 is 4.79 Å². The summed E-state index contributed by atoms with van der Waals surface area (Å²) in [5.74, 6) is -0.0594. The van der Waals surface area contributed by atoms with Gasteiger partial charge in [-0.25, -0.2) is 0 Å². The van der Waals surface area contributed by atoms with Crippen LogP contribution < -0.4 is 10.7 Å². The number of rotatable bonds is 1. The molecule has 0 unspecified atom stereocenters. The van der Waals surface area contributed by atoms with Crippen molar-refractivity contribution in [2.24, 2.45) is 5.10 Å². The van der Waals surface area contributed by atoms with Crippen molar-refractivity contribution >= 4 is 28.4 Å². The van der Waals surface area contributed by atoms with E-state index in [9.17, 15) is 4.79 Å². The van der Waals surface area contributed by atoms with Gasteiger partial charge in [-0.05, 0) is 25.0 Å². The van der Waals surface area contributed by atoms with Crippen LogP contribution in [-0.2, 0) is 9.67 Å². The fourth-order valence-corrected chi connectivity index (χ4v) is 3.98. The molecular formula is C17H15N3OS. The Labute approximate surface area is 133 Å². The van der Waals surface area contributed by atoms with Gasteiger partial charge in [-0.3, -0.25) is 10.2 Å². The SMILES string of the molecule is Cc1ccc2c(c1C)NC(=O)[C@]21NN=C(c2ccccc2)S1. The summed E-state index contributed by atoms with van der Waals surface area (Å²) in [5.41, 5.74) is 8.24. The molecule has 2 N–H and O–H groups in total. The van der Waals surface area contributed by atoms with Gasteiger partial charge in [0.1, 0.15) is 5.04 Å². The number of nitrogens with zero attached hydrogens (tertiary/aromatic N) is 1. The molecule has 0 saturated heterocycles. The number of amides is 1. The summed E-state index contributed by atoms with van der Waals surface area (Å²) in [6.45, 7) is 4.08. The molecule has 2 aliphatic rings. The second-order valence-corrected chi connectivity index (χ2v) is 6.77. The molecule has 110 valence electrons. The van der Waals surface area contributed by atoms with Crippen molar-refractivity contribution in [1.29, 1.82) is 0 Å². The van der Waals surface area contributed by atoms with E-state index in [1.807, 2.05) is 50.2 Å². The fourth-order valence-electron chi connectivity index (χ4n) is 2.83. The zero-order chi connectivity index (χ0) is 15.3. The molecule has 1 spiro atoms. The normalized spacial score (nSPS) is 22.3. The number of carbonyl (C=O) groups is 1. The van der Waals surface area contributed by atoms with Crippen molar-refractivity contribution in [3.63, 3.8) is 0 Å². The summed E-state index contributed by atoms with van der Waals surface area (Å²) < 4.78 is 0. The zero-order valence-electron chi connectivity index (χ0n) is 12.3. The van der Waals surface area contributed by atoms with E-state index < -0.39 is 4.87 Å². The molecule has 2 aromatic carbocycles. The Morgan fingerprint density at radius 2 is 1.86 bits per heavy atom. The molecule has 2 aromatic rings. The molecule has 0 bridgehead atoms. The van der Waals surface area contributed by atoms with Crippen LogP contribution in [0.5, 0.6) is 0 Å². The molecule has 1 atom stereocenters. The van der Waals surface area contributed by atoms with E-state index in [4.69, 9.17) is 0 Å². The predicted octanol–water partition coefficient (Wildman–Crippen LogP) is 3.11. The molecule has 0 aromatic heterocycles. The average molecular weight is 309 g/mol. The number of fused-ring (bicyclic) bond motifs is 2. The van der Waals surface area contributed by atoms with E-state index in [0.717, 1.165) is 27.4 Å². The second kappa shape index (κ2) is 4.61. The summed E-state index contributed by atoms with van der Waals surface area (Å²) in [7, 11) is 0. The topological polar surface area (TPSA) is 53.5 Å². The van der Waals surface area contributed by atoms with E-state index >= 15 is 0 Å². The van der Waals surface area contributed by atoms with Crippen LogP contribution in [0.2, 0.25) is 0 Å². The highest BCUT2D eigenvalue weighted by atomic mass is 32.2. The largest absolute Gasteiger partial charge is 0.322 e. The standard InChI is InChI=1S/C17H15N3OS/c1-10-8-9-13-14(11(10)2)18-16(21)17(13)20-19-15(22-17)12-6-4-3-5-7-12/h3-9,20H,1-2H3,(H,18,21)/t17-/m0/s1. The Balaban J connectivity index is 1.77. The van der Waals surface area contributed by atoms with E-state index in [2.05, 4.69) is 21.9 Å². The van der Waals surface area contributed by atoms with E-state index in [-0.39, 0.29) is 5.91 Å². The maximum Gasteiger partial charge on any atom is 0.267 e. The van der Waals surface area contributed by atoms with Gasteiger partial charge < -0.3 is 5.32 Å². The molecule has 0 radical (unpaired) electrons. The van der Waals surface area contributed by atoms with E-state index in [1.54, 1.807) is 0 Å². The molecule has 5 heteroatoms. The maximum atomic E-state index is 12.6. The van der Waals surface area contributed by atoms with Crippen molar-refractivity contribution in [1.82, 2.24) is 5.43 Å². The molecule has 2 heterocycles. The minimum absolute atomic E-state index is 0.0594. The van der Waals surface area contributed by atoms with Gasteiger partial charge in [-0.1, -0.05) is 54.2 Å². The average Bonchev–Trinajstić information content (AvgIpc) is 3.09. The molecule has 22 heavy (non-hydrogen) atoms. The minimum atomic E-state index is -0.848. The van der Waals surface area contributed by atoms with Gasteiger partial charge in [0, 0.05) is 11.1 Å². The first-order valence-corrected chi connectivity index (χ1v) is 7.95. The van der Waals surface area contributed by atoms with Gasteiger partial charge in [-0.15, -0.1) is 0 Å². The van der Waals surface area contributed by atoms with Crippen LogP contribution in [-0.4, -0.2) is 11.0 Å². The fraction of sp³-hybridized carbons (Fsp3) is 0.176. The minimum Gasteiger partial charge on any atom is -0.322 e. The van der Waals surface area contributed by atoms with Crippen LogP contribution in [0.3, 0.4) is 0 Å². The van der Waals surface area contributed by atoms with Crippen LogP contribution in [0.1, 0.15) is 22.3 Å². The number of benzene rings is 2. The van der Waals surface area contributed by atoms with Gasteiger partial charge in [0.15, 0.2) is 0 Å². The Kier molecular flexibility index (Phi) is 2.81.